The van der Waals surface area contributed by atoms with Gasteiger partial charge < -0.3 is 19.9 Å². The predicted octanol–water partition coefficient (Wildman–Crippen LogP) is 3.56. The van der Waals surface area contributed by atoms with Crippen LogP contribution in [0.3, 0.4) is 0 Å². The van der Waals surface area contributed by atoms with E-state index in [1.54, 1.807) is 6.07 Å². The van der Waals surface area contributed by atoms with Gasteiger partial charge in [-0.3, -0.25) is 9.69 Å². The fourth-order valence-corrected chi connectivity index (χ4v) is 2.83. The van der Waals surface area contributed by atoms with Crippen molar-refractivity contribution < 1.29 is 32.5 Å². The number of nitrogens with one attached hydrogen (secondary N) is 1. The zero-order valence-electron chi connectivity index (χ0n) is 14.3. The Morgan fingerprint density at radius 2 is 1.86 bits per heavy atom. The number of aromatic hydroxyl groups is 1. The van der Waals surface area contributed by atoms with Crippen molar-refractivity contribution in [3.63, 3.8) is 0 Å². The molecule has 28 heavy (non-hydrogen) atoms. The third-order valence-corrected chi connectivity index (χ3v) is 4.01. The van der Waals surface area contributed by atoms with Crippen LogP contribution >= 0.6 is 12.2 Å². The number of benzene rings is 2. The van der Waals surface area contributed by atoms with Crippen LogP contribution in [0, 0.1) is 0 Å². The number of halogens is 3. The van der Waals surface area contributed by atoms with Gasteiger partial charge in [-0.25, -0.2) is 0 Å². The standard InChI is InChI=1S/C18H13F3N2O4S/c1-26-15-7-2-10(9-14(15)24)8-13-16(25)23(17(28)22-13)11-3-5-12(6-4-11)27-18(19,20)21/h2-9,24H,1H3,(H,22,28)/b13-8-. The number of phenols is 1. The molecule has 146 valence electrons. The van der Waals surface area contributed by atoms with E-state index in [0.29, 0.717) is 5.56 Å². The van der Waals surface area contributed by atoms with E-state index in [-0.39, 0.29) is 28.0 Å². The highest BCUT2D eigenvalue weighted by atomic mass is 32.1. The minimum atomic E-state index is -4.80. The van der Waals surface area contributed by atoms with Crippen LogP contribution in [0.25, 0.3) is 6.08 Å². The molecular weight excluding hydrogens is 397 g/mol. The molecule has 10 heteroatoms. The summed E-state index contributed by atoms with van der Waals surface area (Å²) in [6.45, 7) is 0. The number of amides is 1. The highest BCUT2D eigenvalue weighted by molar-refractivity contribution is 7.80. The Bertz CT molecular complexity index is 958. The molecule has 6 nitrogen and oxygen atoms in total. The summed E-state index contributed by atoms with van der Waals surface area (Å²) >= 11 is 5.15. The average Bonchev–Trinajstić information content (AvgIpc) is 2.88. The normalized spacial score (nSPS) is 15.7. The average molecular weight is 410 g/mol. The van der Waals surface area contributed by atoms with Crippen LogP contribution in [0.4, 0.5) is 18.9 Å². The Hall–Kier alpha value is -3.27. The van der Waals surface area contributed by atoms with Crippen molar-refractivity contribution in [1.29, 1.82) is 0 Å². The molecule has 2 N–H and O–H groups in total. The van der Waals surface area contributed by atoms with Gasteiger partial charge in [-0.05, 0) is 60.3 Å². The number of alkyl halides is 3. The summed E-state index contributed by atoms with van der Waals surface area (Å²) < 4.78 is 45.5. The zero-order chi connectivity index (χ0) is 20.5. The molecule has 0 atom stereocenters. The molecule has 1 heterocycles. The van der Waals surface area contributed by atoms with Gasteiger partial charge in [0.05, 0.1) is 12.8 Å². The molecule has 0 saturated carbocycles. The van der Waals surface area contributed by atoms with Gasteiger partial charge in [-0.2, -0.15) is 0 Å². The Labute approximate surface area is 162 Å². The van der Waals surface area contributed by atoms with E-state index < -0.39 is 18.0 Å². The van der Waals surface area contributed by atoms with Crippen LogP contribution in [0.5, 0.6) is 17.2 Å². The monoisotopic (exact) mass is 410 g/mol. The van der Waals surface area contributed by atoms with Gasteiger partial charge in [0, 0.05) is 0 Å². The molecule has 0 bridgehead atoms. The number of hydrogen-bond donors (Lipinski definition) is 2. The molecule has 0 spiro atoms. The van der Waals surface area contributed by atoms with Gasteiger partial charge in [-0.15, -0.1) is 13.2 Å². The van der Waals surface area contributed by atoms with Gasteiger partial charge in [0.25, 0.3) is 5.91 Å². The molecule has 1 fully saturated rings. The molecule has 0 radical (unpaired) electrons. The maximum atomic E-state index is 12.7. The fraction of sp³-hybridized carbons (Fsp3) is 0.111. The number of methoxy groups -OCH3 is 1. The quantitative estimate of drug-likeness (QED) is 0.593. The molecule has 1 aliphatic heterocycles. The largest absolute Gasteiger partial charge is 0.573 e. The lowest BCUT2D eigenvalue weighted by Gasteiger charge is -2.15. The summed E-state index contributed by atoms with van der Waals surface area (Å²) in [5.74, 6) is -0.718. The van der Waals surface area contributed by atoms with Crippen molar-refractivity contribution in [2.75, 3.05) is 12.0 Å². The molecule has 0 aromatic heterocycles. The Morgan fingerprint density at radius 3 is 2.43 bits per heavy atom. The number of carbonyl (C=O) groups excluding carboxylic acids is 1. The molecular formula is C18H13F3N2O4S. The first kappa shape index (κ1) is 19.5. The first-order valence-electron chi connectivity index (χ1n) is 7.78. The fourth-order valence-electron chi connectivity index (χ4n) is 2.53. The Morgan fingerprint density at radius 1 is 1.18 bits per heavy atom. The number of phenolic OH excluding ortho intramolecular Hbond substituents is 1. The lowest BCUT2D eigenvalue weighted by Crippen LogP contribution is -2.30. The topological polar surface area (TPSA) is 71.0 Å². The zero-order valence-corrected chi connectivity index (χ0v) is 15.1. The van der Waals surface area contributed by atoms with E-state index in [1.165, 1.54) is 37.5 Å². The van der Waals surface area contributed by atoms with Crippen LogP contribution in [0.15, 0.2) is 48.2 Å². The Kier molecular flexibility index (Phi) is 5.14. The minimum absolute atomic E-state index is 0.0680. The number of carbonyl (C=O) groups is 1. The van der Waals surface area contributed by atoms with E-state index in [4.69, 9.17) is 17.0 Å². The number of rotatable bonds is 4. The maximum absolute atomic E-state index is 12.7. The first-order valence-corrected chi connectivity index (χ1v) is 8.19. The van der Waals surface area contributed by atoms with Gasteiger partial charge in [0.2, 0.25) is 0 Å². The first-order chi connectivity index (χ1) is 13.2. The molecule has 2 aromatic rings. The predicted molar refractivity (Wildman–Crippen MR) is 99.0 cm³/mol. The van der Waals surface area contributed by atoms with Crippen molar-refractivity contribution in [3.8, 4) is 17.2 Å². The van der Waals surface area contributed by atoms with E-state index in [1.807, 2.05) is 0 Å². The second-order valence-electron chi connectivity index (χ2n) is 5.60. The molecule has 3 rings (SSSR count). The SMILES string of the molecule is COc1ccc(/C=C2\NC(=S)N(c3ccc(OC(F)(F)F)cc3)C2=O)cc1O. The van der Waals surface area contributed by atoms with Crippen LogP contribution in [0.1, 0.15) is 5.56 Å². The van der Waals surface area contributed by atoms with Crippen molar-refractivity contribution in [3.05, 3.63) is 53.7 Å². The highest BCUT2D eigenvalue weighted by Crippen LogP contribution is 2.30. The number of ether oxygens (including phenoxy) is 2. The molecule has 1 aliphatic rings. The van der Waals surface area contributed by atoms with Crippen molar-refractivity contribution in [2.24, 2.45) is 0 Å². The summed E-state index contributed by atoms with van der Waals surface area (Å²) in [7, 11) is 1.41. The second-order valence-corrected chi connectivity index (χ2v) is 5.99. The number of anilines is 1. The van der Waals surface area contributed by atoms with Gasteiger partial charge in [0.1, 0.15) is 11.4 Å². The van der Waals surface area contributed by atoms with Crippen LogP contribution < -0.4 is 19.7 Å². The summed E-state index contributed by atoms with van der Waals surface area (Å²) in [6, 6.07) is 9.33. The molecule has 2 aromatic carbocycles. The van der Waals surface area contributed by atoms with E-state index in [2.05, 4.69) is 10.1 Å². The Balaban J connectivity index is 1.82. The van der Waals surface area contributed by atoms with Crippen LogP contribution in [0.2, 0.25) is 0 Å². The van der Waals surface area contributed by atoms with Crippen LogP contribution in [-0.4, -0.2) is 29.6 Å². The summed E-state index contributed by atoms with van der Waals surface area (Å²) in [6.07, 6.45) is -3.32. The van der Waals surface area contributed by atoms with E-state index in [0.717, 1.165) is 17.0 Å². The van der Waals surface area contributed by atoms with Gasteiger partial charge >= 0.3 is 6.36 Å². The number of thiocarbonyl (C=S) groups is 1. The van der Waals surface area contributed by atoms with Crippen molar-refractivity contribution in [1.82, 2.24) is 5.32 Å². The third-order valence-electron chi connectivity index (χ3n) is 3.72. The smallest absolute Gasteiger partial charge is 0.504 e. The van der Waals surface area contributed by atoms with Crippen molar-refractivity contribution in [2.45, 2.75) is 6.36 Å². The molecule has 1 saturated heterocycles. The van der Waals surface area contributed by atoms with E-state index >= 15 is 0 Å². The van der Waals surface area contributed by atoms with Gasteiger partial charge in [0.15, 0.2) is 16.6 Å². The molecule has 0 aliphatic carbocycles. The number of hydrogen-bond acceptors (Lipinski definition) is 5. The molecule has 1 amide bonds. The lowest BCUT2D eigenvalue weighted by molar-refractivity contribution is -0.274. The minimum Gasteiger partial charge on any atom is -0.504 e. The summed E-state index contributed by atoms with van der Waals surface area (Å²) in [5, 5.41) is 12.6. The summed E-state index contributed by atoms with van der Waals surface area (Å²) in [4.78, 5) is 13.8. The lowest BCUT2D eigenvalue weighted by atomic mass is 10.1. The van der Waals surface area contributed by atoms with Crippen molar-refractivity contribution >= 4 is 35.0 Å². The van der Waals surface area contributed by atoms with Crippen LogP contribution in [-0.2, 0) is 4.79 Å². The third kappa shape index (κ3) is 4.17. The highest BCUT2D eigenvalue weighted by Gasteiger charge is 2.33. The summed E-state index contributed by atoms with van der Waals surface area (Å²) in [5.41, 5.74) is 0.941. The maximum Gasteiger partial charge on any atom is 0.573 e. The molecule has 0 unspecified atom stereocenters. The van der Waals surface area contributed by atoms with E-state index in [9.17, 15) is 23.1 Å². The van der Waals surface area contributed by atoms with Gasteiger partial charge in [-0.1, -0.05) is 6.07 Å². The number of nitrogens with zero attached hydrogens (tertiary/aromatic N) is 1. The second kappa shape index (κ2) is 7.39.